The van der Waals surface area contributed by atoms with Gasteiger partial charge in [-0.3, -0.25) is 10.1 Å². The van der Waals surface area contributed by atoms with Crippen molar-refractivity contribution in [2.24, 2.45) is 0 Å². The van der Waals surface area contributed by atoms with Crippen molar-refractivity contribution in [3.05, 3.63) is 61.3 Å². The summed E-state index contributed by atoms with van der Waals surface area (Å²) >= 11 is 9.07. The van der Waals surface area contributed by atoms with E-state index in [0.29, 0.717) is 15.2 Å². The molecule has 104 valence electrons. The SMILES string of the molecule is O=C(O)c1cc(Br)n(Cc2cc(Cl)ccc2[N+](=O)[O-])c1. The molecule has 0 aliphatic carbocycles. The van der Waals surface area contributed by atoms with E-state index in [2.05, 4.69) is 15.9 Å². The lowest BCUT2D eigenvalue weighted by atomic mass is 10.2. The monoisotopic (exact) mass is 358 g/mol. The number of nitro benzene ring substituents is 1. The van der Waals surface area contributed by atoms with Gasteiger partial charge in [0.25, 0.3) is 5.69 Å². The topological polar surface area (TPSA) is 85.4 Å². The van der Waals surface area contributed by atoms with Crippen LogP contribution < -0.4 is 0 Å². The zero-order valence-electron chi connectivity index (χ0n) is 9.92. The van der Waals surface area contributed by atoms with E-state index in [-0.39, 0.29) is 17.8 Å². The Morgan fingerprint density at radius 3 is 2.70 bits per heavy atom. The van der Waals surface area contributed by atoms with Crippen molar-refractivity contribution in [1.29, 1.82) is 0 Å². The minimum absolute atomic E-state index is 0.0631. The number of rotatable bonds is 4. The van der Waals surface area contributed by atoms with E-state index in [4.69, 9.17) is 16.7 Å². The van der Waals surface area contributed by atoms with Gasteiger partial charge in [-0.05, 0) is 34.1 Å². The number of carboxylic acid groups (broad SMARTS) is 1. The van der Waals surface area contributed by atoms with Gasteiger partial charge in [0.15, 0.2) is 0 Å². The predicted octanol–water partition coefficient (Wildman–Crippen LogP) is 3.56. The van der Waals surface area contributed by atoms with Crippen LogP contribution in [0.15, 0.2) is 35.1 Å². The molecule has 8 heteroatoms. The van der Waals surface area contributed by atoms with Gasteiger partial charge in [0.1, 0.15) is 0 Å². The van der Waals surface area contributed by atoms with E-state index in [9.17, 15) is 14.9 Å². The normalized spacial score (nSPS) is 10.5. The first-order chi connectivity index (χ1) is 9.38. The highest BCUT2D eigenvalue weighted by Crippen LogP contribution is 2.25. The number of hydrogen-bond acceptors (Lipinski definition) is 3. The molecule has 1 aromatic carbocycles. The Hall–Kier alpha value is -1.86. The number of halogens is 2. The average Bonchev–Trinajstić information content (AvgIpc) is 2.71. The van der Waals surface area contributed by atoms with Crippen LogP contribution in [-0.2, 0) is 6.54 Å². The summed E-state index contributed by atoms with van der Waals surface area (Å²) in [6.45, 7) is 0.144. The van der Waals surface area contributed by atoms with Crippen LogP contribution in [-0.4, -0.2) is 20.6 Å². The lowest BCUT2D eigenvalue weighted by Crippen LogP contribution is -2.03. The Kier molecular flexibility index (Phi) is 4.10. The van der Waals surface area contributed by atoms with Crippen LogP contribution in [0, 0.1) is 10.1 Å². The first-order valence-electron chi connectivity index (χ1n) is 5.40. The first kappa shape index (κ1) is 14.5. The summed E-state index contributed by atoms with van der Waals surface area (Å²) in [7, 11) is 0. The Morgan fingerprint density at radius 2 is 2.15 bits per heavy atom. The fourth-order valence-electron chi connectivity index (χ4n) is 1.76. The first-order valence-corrected chi connectivity index (χ1v) is 6.57. The van der Waals surface area contributed by atoms with Crippen molar-refractivity contribution >= 4 is 39.2 Å². The van der Waals surface area contributed by atoms with Gasteiger partial charge in [0.05, 0.1) is 27.2 Å². The second kappa shape index (κ2) is 5.64. The van der Waals surface area contributed by atoms with Crippen molar-refractivity contribution in [3.63, 3.8) is 0 Å². The number of aromatic carboxylic acids is 1. The summed E-state index contributed by atoms with van der Waals surface area (Å²) in [4.78, 5) is 21.4. The quantitative estimate of drug-likeness (QED) is 0.668. The highest BCUT2D eigenvalue weighted by molar-refractivity contribution is 9.10. The number of benzene rings is 1. The average molecular weight is 360 g/mol. The fourth-order valence-corrected chi connectivity index (χ4v) is 2.43. The third-order valence-corrected chi connectivity index (χ3v) is 3.59. The molecular weight excluding hydrogens is 351 g/mol. The molecule has 2 rings (SSSR count). The zero-order valence-corrected chi connectivity index (χ0v) is 12.3. The highest BCUT2D eigenvalue weighted by Gasteiger charge is 2.16. The molecule has 6 nitrogen and oxygen atoms in total. The molecule has 20 heavy (non-hydrogen) atoms. The minimum Gasteiger partial charge on any atom is -0.478 e. The van der Waals surface area contributed by atoms with Crippen LogP contribution in [0.5, 0.6) is 0 Å². The number of aromatic nitrogens is 1. The minimum atomic E-state index is -1.06. The number of carbonyl (C=O) groups is 1. The molecule has 0 fully saturated rings. The summed E-state index contributed by atoms with van der Waals surface area (Å²) < 4.78 is 2.08. The molecule has 1 aromatic heterocycles. The Bertz CT molecular complexity index is 699. The van der Waals surface area contributed by atoms with Gasteiger partial charge in [-0.25, -0.2) is 4.79 Å². The van der Waals surface area contributed by atoms with Crippen LogP contribution in [0.25, 0.3) is 0 Å². The summed E-state index contributed by atoms with van der Waals surface area (Å²) in [5.74, 6) is -1.06. The molecule has 0 spiro atoms. The molecule has 0 amide bonds. The van der Waals surface area contributed by atoms with Crippen LogP contribution in [0.3, 0.4) is 0 Å². The summed E-state index contributed by atoms with van der Waals surface area (Å²) in [5.41, 5.74) is 0.434. The van der Waals surface area contributed by atoms with Crippen molar-refractivity contribution in [3.8, 4) is 0 Å². The van der Waals surface area contributed by atoms with Crippen molar-refractivity contribution in [2.75, 3.05) is 0 Å². The molecule has 0 bridgehead atoms. The third-order valence-electron chi connectivity index (χ3n) is 2.67. The number of nitro groups is 1. The standard InChI is InChI=1S/C12H8BrClN2O4/c13-11-4-8(12(17)18)6-15(11)5-7-3-9(14)1-2-10(7)16(19)20/h1-4,6H,5H2,(H,17,18). The summed E-state index contributed by atoms with van der Waals surface area (Å²) in [6.07, 6.45) is 1.40. The second-order valence-electron chi connectivity index (χ2n) is 4.01. The van der Waals surface area contributed by atoms with Gasteiger partial charge in [0.2, 0.25) is 0 Å². The van der Waals surface area contributed by atoms with Gasteiger partial charge in [0, 0.05) is 17.3 Å². The molecular formula is C12H8BrClN2O4. The van der Waals surface area contributed by atoms with Gasteiger partial charge < -0.3 is 9.67 Å². The number of nitrogens with zero attached hydrogens (tertiary/aromatic N) is 2. The van der Waals surface area contributed by atoms with Crippen LogP contribution >= 0.6 is 27.5 Å². The van der Waals surface area contributed by atoms with E-state index in [1.165, 1.54) is 30.5 Å². The predicted molar refractivity (Wildman–Crippen MR) is 76.3 cm³/mol. The Labute approximate surface area is 126 Å². The molecule has 0 unspecified atom stereocenters. The van der Waals surface area contributed by atoms with E-state index in [0.717, 1.165) is 0 Å². The maximum absolute atomic E-state index is 11.0. The number of carboxylic acids is 1. The van der Waals surface area contributed by atoms with Crippen molar-refractivity contribution in [2.45, 2.75) is 6.54 Å². The molecule has 1 heterocycles. The van der Waals surface area contributed by atoms with E-state index < -0.39 is 10.9 Å². The van der Waals surface area contributed by atoms with Gasteiger partial charge in [-0.1, -0.05) is 11.6 Å². The zero-order chi connectivity index (χ0) is 14.9. The lowest BCUT2D eigenvalue weighted by molar-refractivity contribution is -0.385. The maximum Gasteiger partial charge on any atom is 0.337 e. The lowest BCUT2D eigenvalue weighted by Gasteiger charge is -2.06. The van der Waals surface area contributed by atoms with Crippen molar-refractivity contribution in [1.82, 2.24) is 4.57 Å². The molecule has 0 radical (unpaired) electrons. The Morgan fingerprint density at radius 1 is 1.45 bits per heavy atom. The van der Waals surface area contributed by atoms with Gasteiger partial charge in [-0.15, -0.1) is 0 Å². The maximum atomic E-state index is 11.0. The third kappa shape index (κ3) is 3.00. The fraction of sp³-hybridized carbons (Fsp3) is 0.0833. The summed E-state index contributed by atoms with van der Waals surface area (Å²) in [5, 5.41) is 20.3. The highest BCUT2D eigenvalue weighted by atomic mass is 79.9. The van der Waals surface area contributed by atoms with Crippen molar-refractivity contribution < 1.29 is 14.8 Å². The molecule has 2 aromatic rings. The van der Waals surface area contributed by atoms with Crippen LogP contribution in [0.2, 0.25) is 5.02 Å². The molecule has 0 aliphatic rings. The Balaban J connectivity index is 2.41. The van der Waals surface area contributed by atoms with E-state index >= 15 is 0 Å². The molecule has 0 saturated carbocycles. The molecule has 0 saturated heterocycles. The van der Waals surface area contributed by atoms with Gasteiger partial charge in [-0.2, -0.15) is 0 Å². The molecule has 1 N–H and O–H groups in total. The number of hydrogen-bond donors (Lipinski definition) is 1. The largest absolute Gasteiger partial charge is 0.478 e. The molecule has 0 aliphatic heterocycles. The van der Waals surface area contributed by atoms with E-state index in [1.54, 1.807) is 4.57 Å². The summed E-state index contributed by atoms with van der Waals surface area (Å²) in [6, 6.07) is 5.69. The van der Waals surface area contributed by atoms with Crippen LogP contribution in [0.1, 0.15) is 15.9 Å². The smallest absolute Gasteiger partial charge is 0.337 e. The van der Waals surface area contributed by atoms with Gasteiger partial charge >= 0.3 is 5.97 Å². The second-order valence-corrected chi connectivity index (χ2v) is 5.26. The van der Waals surface area contributed by atoms with Crippen LogP contribution in [0.4, 0.5) is 5.69 Å². The van der Waals surface area contributed by atoms with E-state index in [1.807, 2.05) is 0 Å². The molecule has 0 atom stereocenters.